The second-order valence-electron chi connectivity index (χ2n) is 10.7. The summed E-state index contributed by atoms with van der Waals surface area (Å²) in [5.41, 5.74) is 9.94. The SMILES string of the molecule is C1=CCC(C2=NC(c3cccc(-c4ccc5nc6c7ccccc7ccn6c5c4)c3)NC(c3ccccc3)=C2)C=C1. The number of benzene rings is 4. The molecule has 0 bridgehead atoms. The first-order chi connectivity index (χ1) is 20.3. The van der Waals surface area contributed by atoms with Crippen molar-refractivity contribution >= 4 is 38.9 Å². The van der Waals surface area contributed by atoms with Gasteiger partial charge in [0.1, 0.15) is 11.8 Å². The van der Waals surface area contributed by atoms with Gasteiger partial charge in [0.25, 0.3) is 0 Å². The predicted molar refractivity (Wildman–Crippen MR) is 170 cm³/mol. The van der Waals surface area contributed by atoms with Crippen molar-refractivity contribution in [2.24, 2.45) is 10.9 Å². The molecule has 6 aromatic rings. The summed E-state index contributed by atoms with van der Waals surface area (Å²) in [7, 11) is 0. The molecule has 0 saturated heterocycles. The van der Waals surface area contributed by atoms with Crippen molar-refractivity contribution in [1.29, 1.82) is 0 Å². The van der Waals surface area contributed by atoms with Gasteiger partial charge in [-0.1, -0.05) is 103 Å². The average molecular weight is 529 g/mol. The number of aliphatic imine (C=N–C) groups is 1. The molecule has 0 amide bonds. The Balaban J connectivity index is 1.19. The van der Waals surface area contributed by atoms with Crippen LogP contribution in [0.2, 0.25) is 0 Å². The van der Waals surface area contributed by atoms with E-state index < -0.39 is 0 Å². The zero-order valence-corrected chi connectivity index (χ0v) is 22.5. The van der Waals surface area contributed by atoms with Crippen LogP contribution in [0.3, 0.4) is 0 Å². The van der Waals surface area contributed by atoms with Crippen molar-refractivity contribution in [3.8, 4) is 11.1 Å². The van der Waals surface area contributed by atoms with E-state index in [0.717, 1.165) is 56.6 Å². The molecule has 2 unspecified atom stereocenters. The highest BCUT2D eigenvalue weighted by Crippen LogP contribution is 2.32. The molecule has 2 aliphatic rings. The van der Waals surface area contributed by atoms with E-state index in [2.05, 4.69) is 149 Å². The van der Waals surface area contributed by atoms with Gasteiger partial charge in [0.2, 0.25) is 0 Å². The van der Waals surface area contributed by atoms with Gasteiger partial charge in [0.15, 0.2) is 0 Å². The third kappa shape index (κ3) is 4.25. The molecule has 0 fully saturated rings. The molecule has 0 spiro atoms. The van der Waals surface area contributed by atoms with Gasteiger partial charge in [-0.15, -0.1) is 0 Å². The number of fused-ring (bicyclic) bond motifs is 5. The maximum Gasteiger partial charge on any atom is 0.145 e. The highest BCUT2D eigenvalue weighted by Gasteiger charge is 2.23. The number of hydrogen-bond donors (Lipinski definition) is 1. The summed E-state index contributed by atoms with van der Waals surface area (Å²) in [4.78, 5) is 10.2. The number of hydrogen-bond acceptors (Lipinski definition) is 3. The number of nitrogens with zero attached hydrogens (tertiary/aromatic N) is 3. The number of aromatic nitrogens is 2. The zero-order chi connectivity index (χ0) is 27.2. The van der Waals surface area contributed by atoms with E-state index in [9.17, 15) is 0 Å². The van der Waals surface area contributed by atoms with Crippen LogP contribution in [0.1, 0.15) is 23.7 Å². The highest BCUT2D eigenvalue weighted by molar-refractivity contribution is 6.04. The Morgan fingerprint density at radius 2 is 1.61 bits per heavy atom. The molecule has 1 N–H and O–H groups in total. The van der Waals surface area contributed by atoms with Crippen LogP contribution in [0.5, 0.6) is 0 Å². The van der Waals surface area contributed by atoms with Gasteiger partial charge in [0, 0.05) is 28.9 Å². The molecule has 1 aliphatic carbocycles. The zero-order valence-electron chi connectivity index (χ0n) is 22.5. The van der Waals surface area contributed by atoms with Crippen LogP contribution in [0.4, 0.5) is 0 Å². The molecular weight excluding hydrogens is 500 g/mol. The Labute approximate surface area is 238 Å². The molecule has 196 valence electrons. The Morgan fingerprint density at radius 3 is 2.51 bits per heavy atom. The fraction of sp³-hybridized carbons (Fsp3) is 0.0811. The molecule has 4 nitrogen and oxygen atoms in total. The minimum atomic E-state index is -0.171. The smallest absolute Gasteiger partial charge is 0.145 e. The van der Waals surface area contributed by atoms with Gasteiger partial charge < -0.3 is 5.32 Å². The van der Waals surface area contributed by atoms with Crippen molar-refractivity contribution in [3.05, 3.63) is 151 Å². The number of pyridine rings is 1. The fourth-order valence-electron chi connectivity index (χ4n) is 6.00. The first-order valence-corrected chi connectivity index (χ1v) is 14.1. The molecule has 4 heteroatoms. The number of allylic oxidation sites excluding steroid dienone is 5. The van der Waals surface area contributed by atoms with Gasteiger partial charge in [-0.2, -0.15) is 0 Å². The molecule has 4 aromatic carbocycles. The summed E-state index contributed by atoms with van der Waals surface area (Å²) in [5, 5.41) is 6.08. The summed E-state index contributed by atoms with van der Waals surface area (Å²) in [5.74, 6) is 0.278. The number of imidazole rings is 1. The molecule has 41 heavy (non-hydrogen) atoms. The molecule has 3 heterocycles. The summed E-state index contributed by atoms with van der Waals surface area (Å²) in [6.07, 6.45) is 13.9. The van der Waals surface area contributed by atoms with Gasteiger partial charge in [-0.25, -0.2) is 4.98 Å². The topological polar surface area (TPSA) is 41.7 Å². The average Bonchev–Trinajstić information content (AvgIpc) is 3.44. The van der Waals surface area contributed by atoms with Gasteiger partial charge in [-0.05, 0) is 64.4 Å². The Bertz CT molecular complexity index is 2060. The van der Waals surface area contributed by atoms with Crippen LogP contribution in [-0.4, -0.2) is 15.1 Å². The van der Waals surface area contributed by atoms with Crippen LogP contribution in [0.25, 0.3) is 44.3 Å². The van der Waals surface area contributed by atoms with Gasteiger partial charge in [0.05, 0.1) is 11.0 Å². The lowest BCUT2D eigenvalue weighted by Gasteiger charge is -2.27. The third-order valence-electron chi connectivity index (χ3n) is 8.14. The molecule has 0 radical (unpaired) electrons. The maximum atomic E-state index is 5.23. The van der Waals surface area contributed by atoms with Crippen molar-refractivity contribution in [1.82, 2.24) is 14.7 Å². The monoisotopic (exact) mass is 528 g/mol. The van der Waals surface area contributed by atoms with E-state index in [1.165, 1.54) is 10.9 Å². The quantitative estimate of drug-likeness (QED) is 0.249. The second-order valence-corrected chi connectivity index (χ2v) is 10.7. The van der Waals surface area contributed by atoms with E-state index >= 15 is 0 Å². The van der Waals surface area contributed by atoms with Crippen molar-refractivity contribution in [2.75, 3.05) is 0 Å². The predicted octanol–water partition coefficient (Wildman–Crippen LogP) is 8.52. The van der Waals surface area contributed by atoms with Crippen molar-refractivity contribution in [2.45, 2.75) is 12.6 Å². The molecule has 2 atom stereocenters. The first kappa shape index (κ1) is 23.6. The highest BCUT2D eigenvalue weighted by atomic mass is 15.1. The largest absolute Gasteiger partial charge is 0.360 e. The summed E-state index contributed by atoms with van der Waals surface area (Å²) < 4.78 is 2.20. The molecule has 8 rings (SSSR count). The normalized spacial score (nSPS) is 18.4. The molecule has 1 aliphatic heterocycles. The van der Waals surface area contributed by atoms with E-state index in [4.69, 9.17) is 9.98 Å². The van der Waals surface area contributed by atoms with E-state index in [1.807, 2.05) is 0 Å². The third-order valence-corrected chi connectivity index (χ3v) is 8.14. The molecule has 2 aromatic heterocycles. The Kier molecular flexibility index (Phi) is 5.63. The van der Waals surface area contributed by atoms with E-state index in [0.29, 0.717) is 0 Å². The van der Waals surface area contributed by atoms with Crippen LogP contribution < -0.4 is 5.32 Å². The van der Waals surface area contributed by atoms with Gasteiger partial charge >= 0.3 is 0 Å². The van der Waals surface area contributed by atoms with Crippen molar-refractivity contribution < 1.29 is 0 Å². The summed E-state index contributed by atoms with van der Waals surface area (Å²) in [6.45, 7) is 0. The second kappa shape index (κ2) is 9.76. The Morgan fingerprint density at radius 1 is 0.756 bits per heavy atom. The minimum Gasteiger partial charge on any atom is -0.360 e. The van der Waals surface area contributed by atoms with Crippen LogP contribution in [0, 0.1) is 5.92 Å². The lowest BCUT2D eigenvalue weighted by atomic mass is 9.92. The lowest BCUT2D eigenvalue weighted by molar-refractivity contribution is 0.653. The van der Waals surface area contributed by atoms with E-state index in [-0.39, 0.29) is 12.1 Å². The van der Waals surface area contributed by atoms with Crippen LogP contribution in [0.15, 0.2) is 145 Å². The van der Waals surface area contributed by atoms with E-state index in [1.54, 1.807) is 0 Å². The minimum absolute atomic E-state index is 0.171. The number of rotatable bonds is 4. The number of nitrogens with one attached hydrogen (secondary N) is 1. The fourth-order valence-corrected chi connectivity index (χ4v) is 6.00. The Hall–Kier alpha value is -5.22. The van der Waals surface area contributed by atoms with Crippen LogP contribution >= 0.6 is 0 Å². The summed E-state index contributed by atoms with van der Waals surface area (Å²) in [6, 6.07) is 36.4. The van der Waals surface area contributed by atoms with Crippen molar-refractivity contribution in [3.63, 3.8) is 0 Å². The summed E-state index contributed by atoms with van der Waals surface area (Å²) >= 11 is 0. The molecule has 0 saturated carbocycles. The lowest BCUT2D eigenvalue weighted by Crippen LogP contribution is -2.27. The first-order valence-electron chi connectivity index (χ1n) is 14.1. The van der Waals surface area contributed by atoms with Gasteiger partial charge in [-0.3, -0.25) is 9.39 Å². The standard InChI is InChI=1S/C37H28N4/c1-3-11-26(12-4-1)33-24-34(27-13-5-2-6-14-27)39-36(38-33)30-16-9-15-28(22-30)29-18-19-32-35(23-29)41-21-20-25-10-7-8-17-31(25)37(41)40-32/h1-13,15-24,27,36,38H,14H2. The van der Waals surface area contributed by atoms with Crippen LogP contribution in [-0.2, 0) is 0 Å². The molecular formula is C37H28N4. The maximum absolute atomic E-state index is 5.23.